The zero-order valence-corrected chi connectivity index (χ0v) is 14.3. The summed E-state index contributed by atoms with van der Waals surface area (Å²) in [7, 11) is 3.10. The van der Waals surface area contributed by atoms with Crippen molar-refractivity contribution >= 4 is 18.3 Å². The first-order valence-electron chi connectivity index (χ1n) is 7.47. The van der Waals surface area contributed by atoms with Gasteiger partial charge in [0, 0.05) is 24.6 Å². The molecule has 4 N–H and O–H groups in total. The van der Waals surface area contributed by atoms with E-state index in [2.05, 4.69) is 5.32 Å². The molecule has 6 nitrogen and oxygen atoms in total. The van der Waals surface area contributed by atoms with Gasteiger partial charge in [0.25, 0.3) is 0 Å². The molecule has 0 spiro atoms. The van der Waals surface area contributed by atoms with Crippen LogP contribution in [0, 0.1) is 5.92 Å². The summed E-state index contributed by atoms with van der Waals surface area (Å²) in [5.74, 6) is 1.12. The fraction of sp³-hybridized carbons (Fsp3) is 0.562. The molecule has 130 valence electrons. The zero-order valence-electron chi connectivity index (χ0n) is 13.5. The molecule has 1 aromatic rings. The lowest BCUT2D eigenvalue weighted by Gasteiger charge is -2.16. The highest BCUT2D eigenvalue weighted by molar-refractivity contribution is 5.85. The zero-order chi connectivity index (χ0) is 16.1. The van der Waals surface area contributed by atoms with E-state index in [4.69, 9.17) is 15.2 Å². The summed E-state index contributed by atoms with van der Waals surface area (Å²) in [6, 6.07) is 5.30. The Balaban J connectivity index is 0.00000264. The summed E-state index contributed by atoms with van der Waals surface area (Å²) in [6.45, 7) is 0.154. The summed E-state index contributed by atoms with van der Waals surface area (Å²) in [6.07, 6.45) is 1.60. The lowest BCUT2D eigenvalue weighted by Crippen LogP contribution is -2.33. The first-order chi connectivity index (χ1) is 10.5. The summed E-state index contributed by atoms with van der Waals surface area (Å²) in [5.41, 5.74) is 6.46. The van der Waals surface area contributed by atoms with Gasteiger partial charge < -0.3 is 25.6 Å². The maximum atomic E-state index is 12.0. The standard InChI is InChI=1S/C16H24N2O4.ClH/c1-21-13-6-11(7-14(8-13)22-2)15(19)9-18-16(20)10-3-4-12(17)5-10;/h6-8,10,12,15,19H,3-5,9,17H2,1-2H3,(H,18,20);1H. The third-order valence-corrected chi connectivity index (χ3v) is 4.07. The van der Waals surface area contributed by atoms with Crippen molar-refractivity contribution < 1.29 is 19.4 Å². The van der Waals surface area contributed by atoms with Crippen LogP contribution in [-0.2, 0) is 4.79 Å². The largest absolute Gasteiger partial charge is 0.497 e. The number of ether oxygens (including phenoxy) is 2. The average Bonchev–Trinajstić information content (AvgIpc) is 2.98. The Morgan fingerprint density at radius 1 is 1.30 bits per heavy atom. The molecule has 3 unspecified atom stereocenters. The maximum Gasteiger partial charge on any atom is 0.223 e. The lowest BCUT2D eigenvalue weighted by molar-refractivity contribution is -0.125. The Morgan fingerprint density at radius 2 is 1.91 bits per heavy atom. The Kier molecular flexibility index (Phi) is 7.61. The molecule has 1 fully saturated rings. The summed E-state index contributed by atoms with van der Waals surface area (Å²) < 4.78 is 10.3. The fourth-order valence-electron chi connectivity index (χ4n) is 2.74. The van der Waals surface area contributed by atoms with Gasteiger partial charge in [0.05, 0.1) is 20.3 Å². The molecular weight excluding hydrogens is 320 g/mol. The van der Waals surface area contributed by atoms with E-state index in [9.17, 15) is 9.90 Å². The van der Waals surface area contributed by atoms with Crippen LogP contribution in [0.3, 0.4) is 0 Å². The Morgan fingerprint density at radius 3 is 2.39 bits per heavy atom. The average molecular weight is 345 g/mol. The van der Waals surface area contributed by atoms with Crippen molar-refractivity contribution in [3.8, 4) is 11.5 Å². The van der Waals surface area contributed by atoms with E-state index in [0.717, 1.165) is 19.3 Å². The number of hydrogen-bond acceptors (Lipinski definition) is 5. The smallest absolute Gasteiger partial charge is 0.223 e. The van der Waals surface area contributed by atoms with Crippen LogP contribution in [0.25, 0.3) is 0 Å². The van der Waals surface area contributed by atoms with E-state index in [-0.39, 0.29) is 36.8 Å². The van der Waals surface area contributed by atoms with Crippen molar-refractivity contribution in [2.45, 2.75) is 31.4 Å². The van der Waals surface area contributed by atoms with E-state index in [1.54, 1.807) is 32.4 Å². The Labute approximate surface area is 142 Å². The second-order valence-electron chi connectivity index (χ2n) is 5.68. The summed E-state index contributed by atoms with van der Waals surface area (Å²) >= 11 is 0. The van der Waals surface area contributed by atoms with Crippen LogP contribution in [0.2, 0.25) is 0 Å². The summed E-state index contributed by atoms with van der Waals surface area (Å²) in [4.78, 5) is 12.0. The quantitative estimate of drug-likeness (QED) is 0.725. The van der Waals surface area contributed by atoms with Crippen LogP contribution < -0.4 is 20.5 Å². The SMILES string of the molecule is COc1cc(OC)cc(C(O)CNC(=O)C2CCC(N)C2)c1.Cl. The van der Waals surface area contributed by atoms with Crippen LogP contribution in [0.4, 0.5) is 0 Å². The van der Waals surface area contributed by atoms with Crippen LogP contribution >= 0.6 is 12.4 Å². The monoisotopic (exact) mass is 344 g/mol. The third-order valence-electron chi connectivity index (χ3n) is 4.07. The molecule has 0 radical (unpaired) electrons. The number of amides is 1. The number of nitrogens with two attached hydrogens (primary N) is 1. The van der Waals surface area contributed by atoms with Crippen LogP contribution in [0.15, 0.2) is 18.2 Å². The minimum Gasteiger partial charge on any atom is -0.497 e. The van der Waals surface area contributed by atoms with E-state index in [1.807, 2.05) is 0 Å². The molecule has 2 rings (SSSR count). The molecule has 0 aliphatic heterocycles. The predicted molar refractivity (Wildman–Crippen MR) is 90.1 cm³/mol. The lowest BCUT2D eigenvalue weighted by atomic mass is 10.1. The first-order valence-corrected chi connectivity index (χ1v) is 7.47. The number of rotatable bonds is 6. The first kappa shape index (κ1) is 19.5. The third kappa shape index (κ3) is 5.27. The van der Waals surface area contributed by atoms with E-state index >= 15 is 0 Å². The van der Waals surface area contributed by atoms with Crippen LogP contribution in [0.1, 0.15) is 30.9 Å². The maximum absolute atomic E-state index is 12.0. The predicted octanol–water partition coefficient (Wildman–Crippen LogP) is 1.40. The van der Waals surface area contributed by atoms with Gasteiger partial charge >= 0.3 is 0 Å². The number of nitrogens with one attached hydrogen (secondary N) is 1. The molecule has 23 heavy (non-hydrogen) atoms. The molecule has 7 heteroatoms. The second-order valence-corrected chi connectivity index (χ2v) is 5.68. The number of aliphatic hydroxyl groups is 1. The molecule has 1 aromatic carbocycles. The molecule has 1 aliphatic rings. The minimum atomic E-state index is -0.817. The molecule has 3 atom stereocenters. The van der Waals surface area contributed by atoms with Gasteiger partial charge in [0.2, 0.25) is 5.91 Å². The van der Waals surface area contributed by atoms with Gasteiger partial charge in [-0.25, -0.2) is 0 Å². The van der Waals surface area contributed by atoms with Crippen molar-refractivity contribution in [3.63, 3.8) is 0 Å². The highest BCUT2D eigenvalue weighted by Gasteiger charge is 2.27. The highest BCUT2D eigenvalue weighted by atomic mass is 35.5. The molecule has 0 heterocycles. The molecule has 1 saturated carbocycles. The molecule has 1 aliphatic carbocycles. The summed E-state index contributed by atoms with van der Waals surface area (Å²) in [5, 5.41) is 13.0. The number of benzene rings is 1. The van der Waals surface area contributed by atoms with Gasteiger partial charge in [0.1, 0.15) is 11.5 Å². The van der Waals surface area contributed by atoms with Crippen molar-refractivity contribution in [1.29, 1.82) is 0 Å². The van der Waals surface area contributed by atoms with E-state index in [0.29, 0.717) is 17.1 Å². The normalized spacial score (nSPS) is 21.2. The number of carbonyl (C=O) groups excluding carboxylic acids is 1. The molecule has 1 amide bonds. The Bertz CT molecular complexity index is 505. The van der Waals surface area contributed by atoms with Crippen molar-refractivity contribution in [1.82, 2.24) is 5.32 Å². The molecule has 0 aromatic heterocycles. The molecule has 0 bridgehead atoms. The minimum absolute atomic E-state index is 0. The van der Waals surface area contributed by atoms with Crippen molar-refractivity contribution in [3.05, 3.63) is 23.8 Å². The number of hydrogen-bond donors (Lipinski definition) is 3. The number of methoxy groups -OCH3 is 2. The van der Waals surface area contributed by atoms with Gasteiger partial charge in [-0.05, 0) is 37.0 Å². The van der Waals surface area contributed by atoms with E-state index < -0.39 is 6.10 Å². The Hall–Kier alpha value is -1.50. The molecule has 0 saturated heterocycles. The van der Waals surface area contributed by atoms with E-state index in [1.165, 1.54) is 0 Å². The van der Waals surface area contributed by atoms with Gasteiger partial charge in [-0.3, -0.25) is 4.79 Å². The molecular formula is C16H25ClN2O4. The van der Waals surface area contributed by atoms with Crippen molar-refractivity contribution in [2.75, 3.05) is 20.8 Å². The van der Waals surface area contributed by atoms with Crippen LogP contribution in [0.5, 0.6) is 11.5 Å². The van der Waals surface area contributed by atoms with Gasteiger partial charge in [-0.1, -0.05) is 0 Å². The fourth-order valence-corrected chi connectivity index (χ4v) is 2.74. The number of carbonyl (C=O) groups is 1. The van der Waals surface area contributed by atoms with Crippen molar-refractivity contribution in [2.24, 2.45) is 11.7 Å². The number of aliphatic hydroxyl groups excluding tert-OH is 1. The highest BCUT2D eigenvalue weighted by Crippen LogP contribution is 2.27. The number of halogens is 1. The van der Waals surface area contributed by atoms with Gasteiger partial charge in [0.15, 0.2) is 0 Å². The van der Waals surface area contributed by atoms with Gasteiger partial charge in [-0.2, -0.15) is 0 Å². The van der Waals surface area contributed by atoms with Crippen LogP contribution in [-0.4, -0.2) is 37.8 Å². The topological polar surface area (TPSA) is 93.8 Å². The second kappa shape index (κ2) is 8.96. The van der Waals surface area contributed by atoms with Gasteiger partial charge in [-0.15, -0.1) is 12.4 Å².